The average molecular weight is 324 g/mol. The summed E-state index contributed by atoms with van der Waals surface area (Å²) in [6.45, 7) is 2.68. The second kappa shape index (κ2) is 6.16. The first-order chi connectivity index (χ1) is 11.0. The summed E-state index contributed by atoms with van der Waals surface area (Å²) in [5.41, 5.74) is -0.323. The smallest absolute Gasteiger partial charge is 0.272 e. The van der Waals surface area contributed by atoms with Crippen LogP contribution in [0.2, 0.25) is 0 Å². The first-order valence-corrected chi connectivity index (χ1v) is 7.31. The van der Waals surface area contributed by atoms with Crippen LogP contribution in [0.1, 0.15) is 30.0 Å². The Morgan fingerprint density at radius 1 is 1.13 bits per heavy atom. The van der Waals surface area contributed by atoms with Gasteiger partial charge in [0.1, 0.15) is 17.5 Å². The van der Waals surface area contributed by atoms with Crippen molar-refractivity contribution in [2.24, 2.45) is 0 Å². The molecule has 1 aromatic heterocycles. The van der Waals surface area contributed by atoms with Crippen LogP contribution >= 0.6 is 0 Å². The number of nitrogens with one attached hydrogen (secondary N) is 1. The second-order valence-corrected chi connectivity index (χ2v) is 5.56. The molecule has 4 nitrogen and oxygen atoms in total. The quantitative estimate of drug-likeness (QED) is 0.924. The van der Waals surface area contributed by atoms with Crippen molar-refractivity contribution in [3.8, 4) is 11.1 Å². The third-order valence-electron chi connectivity index (χ3n) is 4.10. The molecule has 122 valence electrons. The van der Waals surface area contributed by atoms with Gasteiger partial charge in [0.2, 0.25) is 0 Å². The van der Waals surface area contributed by atoms with E-state index in [4.69, 9.17) is 4.74 Å². The van der Waals surface area contributed by atoms with E-state index < -0.39 is 28.6 Å². The number of aryl methyl sites for hydroxylation is 1. The van der Waals surface area contributed by atoms with Gasteiger partial charge in [0.15, 0.2) is 0 Å². The second-order valence-electron chi connectivity index (χ2n) is 5.56. The molecule has 0 aliphatic carbocycles. The molecular weight excluding hydrogens is 309 g/mol. The summed E-state index contributed by atoms with van der Waals surface area (Å²) in [4.78, 5) is 12.2. The lowest BCUT2D eigenvalue weighted by molar-refractivity contribution is 0.0852. The van der Waals surface area contributed by atoms with E-state index in [-0.39, 0.29) is 11.5 Å². The minimum atomic E-state index is -1.10. The number of nitrogens with zero attached hydrogens (tertiary/aromatic N) is 1. The zero-order valence-electron chi connectivity index (χ0n) is 12.5. The van der Waals surface area contributed by atoms with Crippen molar-refractivity contribution in [1.82, 2.24) is 10.2 Å². The Morgan fingerprint density at radius 3 is 2.35 bits per heavy atom. The minimum absolute atomic E-state index is 0.0857. The highest BCUT2D eigenvalue weighted by atomic mass is 19.1. The molecule has 0 radical (unpaired) electrons. The first kappa shape index (κ1) is 15.7. The largest absolute Gasteiger partial charge is 0.381 e. The van der Waals surface area contributed by atoms with E-state index in [0.717, 1.165) is 0 Å². The van der Waals surface area contributed by atoms with Gasteiger partial charge in [-0.1, -0.05) is 0 Å². The van der Waals surface area contributed by atoms with Gasteiger partial charge >= 0.3 is 0 Å². The van der Waals surface area contributed by atoms with E-state index in [0.29, 0.717) is 49.4 Å². The molecule has 0 unspecified atom stereocenters. The van der Waals surface area contributed by atoms with Gasteiger partial charge in [-0.2, -0.15) is 5.10 Å². The molecule has 0 amide bonds. The van der Waals surface area contributed by atoms with Crippen LogP contribution in [0.25, 0.3) is 11.1 Å². The van der Waals surface area contributed by atoms with Crippen LogP contribution in [0.4, 0.5) is 13.2 Å². The lowest BCUT2D eigenvalue weighted by atomic mass is 9.85. The Bertz CT molecular complexity index is 775. The van der Waals surface area contributed by atoms with Crippen LogP contribution in [0.3, 0.4) is 0 Å². The molecule has 0 atom stereocenters. The number of rotatable bonds is 2. The molecule has 0 bridgehead atoms. The molecule has 0 spiro atoms. The predicted molar refractivity (Wildman–Crippen MR) is 77.7 cm³/mol. The summed E-state index contributed by atoms with van der Waals surface area (Å²) < 4.78 is 46.8. The third kappa shape index (κ3) is 2.88. The highest BCUT2D eigenvalue weighted by Gasteiger charge is 2.27. The summed E-state index contributed by atoms with van der Waals surface area (Å²) in [6, 6.07) is 1.14. The number of aromatic amines is 1. The number of hydrogen-bond acceptors (Lipinski definition) is 3. The Labute approximate surface area is 130 Å². The van der Waals surface area contributed by atoms with Crippen molar-refractivity contribution < 1.29 is 17.9 Å². The standard InChI is InChI=1S/C16H15F3N2O2/c1-8-13(9-2-4-23-5-3-9)15(16(22)21-20-8)14-11(18)6-10(17)7-12(14)19/h6-7,9H,2-5H2,1H3,(H,21,22). The maximum Gasteiger partial charge on any atom is 0.272 e. The summed E-state index contributed by atoms with van der Waals surface area (Å²) >= 11 is 0. The van der Waals surface area contributed by atoms with Crippen molar-refractivity contribution >= 4 is 0 Å². The number of ether oxygens (including phenoxy) is 1. The Balaban J connectivity index is 2.27. The average Bonchev–Trinajstić information content (AvgIpc) is 2.50. The molecule has 0 saturated carbocycles. The van der Waals surface area contributed by atoms with Crippen molar-refractivity contribution in [2.75, 3.05) is 13.2 Å². The highest BCUT2D eigenvalue weighted by Crippen LogP contribution is 2.36. The molecule has 1 aromatic carbocycles. The number of halogens is 3. The summed E-state index contributed by atoms with van der Waals surface area (Å²) in [6.07, 6.45) is 1.26. The molecule has 1 N–H and O–H groups in total. The van der Waals surface area contributed by atoms with Crippen LogP contribution in [-0.4, -0.2) is 23.4 Å². The van der Waals surface area contributed by atoms with Gasteiger partial charge in [-0.05, 0) is 31.2 Å². The molecule has 1 saturated heterocycles. The Morgan fingerprint density at radius 2 is 1.74 bits per heavy atom. The van der Waals surface area contributed by atoms with Gasteiger partial charge in [0, 0.05) is 25.3 Å². The minimum Gasteiger partial charge on any atom is -0.381 e. The normalized spacial score (nSPS) is 15.8. The fourth-order valence-electron chi connectivity index (χ4n) is 3.07. The van der Waals surface area contributed by atoms with Gasteiger partial charge in [-0.3, -0.25) is 4.79 Å². The van der Waals surface area contributed by atoms with Gasteiger partial charge in [0.25, 0.3) is 5.56 Å². The Kier molecular flexibility index (Phi) is 4.21. The number of hydrogen-bond donors (Lipinski definition) is 1. The van der Waals surface area contributed by atoms with Crippen LogP contribution in [0.15, 0.2) is 16.9 Å². The summed E-state index contributed by atoms with van der Waals surface area (Å²) in [5, 5.41) is 6.17. The first-order valence-electron chi connectivity index (χ1n) is 7.31. The molecule has 2 aromatic rings. The van der Waals surface area contributed by atoms with E-state index in [1.807, 2.05) is 0 Å². The van der Waals surface area contributed by atoms with Crippen molar-refractivity contribution in [1.29, 1.82) is 0 Å². The van der Waals surface area contributed by atoms with E-state index in [1.165, 1.54) is 0 Å². The zero-order valence-corrected chi connectivity index (χ0v) is 12.5. The molecule has 3 rings (SSSR count). The predicted octanol–water partition coefficient (Wildman–Crippen LogP) is 3.06. The van der Waals surface area contributed by atoms with Crippen LogP contribution < -0.4 is 5.56 Å². The molecule has 1 aliphatic rings. The highest BCUT2D eigenvalue weighted by molar-refractivity contribution is 5.69. The van der Waals surface area contributed by atoms with Crippen LogP contribution in [-0.2, 0) is 4.74 Å². The van der Waals surface area contributed by atoms with E-state index in [9.17, 15) is 18.0 Å². The van der Waals surface area contributed by atoms with Crippen molar-refractivity contribution in [3.05, 3.63) is 51.2 Å². The lowest BCUT2D eigenvalue weighted by Crippen LogP contribution is -2.23. The van der Waals surface area contributed by atoms with Gasteiger partial charge in [-0.25, -0.2) is 18.3 Å². The van der Waals surface area contributed by atoms with E-state index in [1.54, 1.807) is 6.92 Å². The number of aromatic nitrogens is 2. The van der Waals surface area contributed by atoms with Gasteiger partial charge in [-0.15, -0.1) is 0 Å². The molecule has 2 heterocycles. The molecule has 7 heteroatoms. The third-order valence-corrected chi connectivity index (χ3v) is 4.10. The van der Waals surface area contributed by atoms with Gasteiger partial charge in [0.05, 0.1) is 16.8 Å². The van der Waals surface area contributed by atoms with E-state index >= 15 is 0 Å². The SMILES string of the molecule is Cc1n[nH]c(=O)c(-c2c(F)cc(F)cc2F)c1C1CCOCC1. The van der Waals surface area contributed by atoms with Crippen molar-refractivity contribution in [2.45, 2.75) is 25.7 Å². The Hall–Kier alpha value is -2.15. The monoisotopic (exact) mass is 324 g/mol. The zero-order chi connectivity index (χ0) is 16.6. The molecule has 1 aliphatic heterocycles. The number of benzene rings is 1. The van der Waals surface area contributed by atoms with E-state index in [2.05, 4.69) is 10.2 Å². The fraction of sp³-hybridized carbons (Fsp3) is 0.375. The number of H-pyrrole nitrogens is 1. The molecule has 23 heavy (non-hydrogen) atoms. The van der Waals surface area contributed by atoms with Crippen LogP contribution in [0.5, 0.6) is 0 Å². The summed E-state index contributed by atoms with van der Waals surface area (Å²) in [7, 11) is 0. The fourth-order valence-corrected chi connectivity index (χ4v) is 3.07. The van der Waals surface area contributed by atoms with Crippen molar-refractivity contribution in [3.63, 3.8) is 0 Å². The summed E-state index contributed by atoms with van der Waals surface area (Å²) in [5.74, 6) is -3.32. The molecular formula is C16H15F3N2O2. The lowest BCUT2D eigenvalue weighted by Gasteiger charge is -2.25. The molecule has 1 fully saturated rings. The topological polar surface area (TPSA) is 55.0 Å². The van der Waals surface area contributed by atoms with Gasteiger partial charge < -0.3 is 4.74 Å². The maximum absolute atomic E-state index is 14.2. The van der Waals surface area contributed by atoms with Crippen LogP contribution in [0, 0.1) is 24.4 Å². The maximum atomic E-state index is 14.2.